The fraction of sp³-hybridized carbons (Fsp3) is 0.111. The van der Waals surface area contributed by atoms with Crippen molar-refractivity contribution in [2.75, 3.05) is 0 Å². The van der Waals surface area contributed by atoms with Crippen LogP contribution in [0.1, 0.15) is 25.3 Å². The maximum absolute atomic E-state index is 6.47. The second kappa shape index (κ2) is 9.63. The highest BCUT2D eigenvalue weighted by molar-refractivity contribution is 6.98. The summed E-state index contributed by atoms with van der Waals surface area (Å²) in [5, 5.41) is 2.31. The lowest BCUT2D eigenvalue weighted by atomic mass is 9.34. The zero-order chi connectivity index (χ0) is 27.3. The van der Waals surface area contributed by atoms with Crippen LogP contribution in [0.25, 0.3) is 33.3 Å². The first kappa shape index (κ1) is 23.9. The molecule has 2 aliphatic heterocycles. The van der Waals surface area contributed by atoms with E-state index < -0.39 is 0 Å². The number of unbranched alkanes of at least 4 members (excludes halogenated alkanes) is 1. The summed E-state index contributed by atoms with van der Waals surface area (Å²) >= 11 is 0. The maximum Gasteiger partial charge on any atom is 0.260 e. The van der Waals surface area contributed by atoms with Gasteiger partial charge in [-0.1, -0.05) is 55.8 Å². The molecule has 0 radical (unpaired) electrons. The number of ether oxygens (including phenoxy) is 2. The van der Waals surface area contributed by atoms with Gasteiger partial charge in [-0.2, -0.15) is 0 Å². The van der Waals surface area contributed by atoms with E-state index in [-0.39, 0.29) is 6.71 Å². The van der Waals surface area contributed by atoms with E-state index in [0.29, 0.717) is 0 Å². The first-order valence-electron chi connectivity index (χ1n) is 14.3. The number of fused-ring (bicyclic) bond motifs is 5. The Morgan fingerprint density at radius 1 is 0.659 bits per heavy atom. The molecule has 4 nitrogen and oxygen atoms in total. The summed E-state index contributed by atoms with van der Waals surface area (Å²) in [5.41, 5.74) is 8.74. The highest BCUT2D eigenvalue weighted by Crippen LogP contribution is 2.37. The number of nitrogens with zero attached hydrogens (tertiary/aromatic N) is 2. The predicted octanol–water partition coefficient (Wildman–Crippen LogP) is 7.03. The number of hydrogen-bond acceptors (Lipinski definition) is 4. The minimum absolute atomic E-state index is 0.0353. The molecule has 0 fully saturated rings. The molecule has 0 bridgehead atoms. The second-order valence-corrected chi connectivity index (χ2v) is 10.8. The van der Waals surface area contributed by atoms with Gasteiger partial charge in [-0.05, 0) is 94.9 Å². The Balaban J connectivity index is 1.30. The minimum Gasteiger partial charge on any atom is -0.458 e. The Morgan fingerprint density at radius 3 is 2.20 bits per heavy atom. The number of benzene rings is 4. The van der Waals surface area contributed by atoms with Crippen molar-refractivity contribution in [3.05, 3.63) is 115 Å². The van der Waals surface area contributed by atoms with E-state index in [1.807, 2.05) is 30.6 Å². The van der Waals surface area contributed by atoms with Crippen LogP contribution < -0.4 is 25.9 Å². The summed E-state index contributed by atoms with van der Waals surface area (Å²) < 4.78 is 12.9. The lowest BCUT2D eigenvalue weighted by molar-refractivity contribution is 0.464. The molecular weight excluding hydrogens is 503 g/mol. The van der Waals surface area contributed by atoms with Crippen LogP contribution in [0.15, 0.2) is 109 Å². The Morgan fingerprint density at radius 2 is 1.39 bits per heavy atom. The fourth-order valence-corrected chi connectivity index (χ4v) is 6.26. The quantitative estimate of drug-likeness (QED) is 0.224. The van der Waals surface area contributed by atoms with Crippen LogP contribution in [0, 0.1) is 0 Å². The molecule has 0 unspecified atom stereocenters. The molecule has 2 aliphatic rings. The van der Waals surface area contributed by atoms with Crippen LogP contribution in [0.3, 0.4) is 0 Å². The van der Waals surface area contributed by atoms with Gasteiger partial charge in [0.15, 0.2) is 0 Å². The van der Waals surface area contributed by atoms with Gasteiger partial charge in [0.05, 0.1) is 11.4 Å². The van der Waals surface area contributed by atoms with Crippen molar-refractivity contribution < 1.29 is 9.47 Å². The molecule has 196 valence electrons. The molecule has 6 aromatic rings. The third kappa shape index (κ3) is 4.00. The number of pyridine rings is 2. The van der Waals surface area contributed by atoms with Gasteiger partial charge in [0.25, 0.3) is 6.71 Å². The van der Waals surface area contributed by atoms with E-state index in [9.17, 15) is 0 Å². The van der Waals surface area contributed by atoms with Gasteiger partial charge in [-0.3, -0.25) is 9.97 Å². The second-order valence-electron chi connectivity index (χ2n) is 10.8. The van der Waals surface area contributed by atoms with Crippen LogP contribution in [0.4, 0.5) is 0 Å². The van der Waals surface area contributed by atoms with E-state index in [4.69, 9.17) is 19.4 Å². The molecule has 0 saturated carbocycles. The van der Waals surface area contributed by atoms with Crippen LogP contribution >= 0.6 is 0 Å². The Labute approximate surface area is 239 Å². The molecule has 0 spiro atoms. The van der Waals surface area contributed by atoms with Crippen molar-refractivity contribution in [3.63, 3.8) is 0 Å². The molecule has 0 amide bonds. The van der Waals surface area contributed by atoms with Crippen LogP contribution in [-0.2, 0) is 6.42 Å². The molecule has 0 atom stereocenters. The van der Waals surface area contributed by atoms with Crippen molar-refractivity contribution in [3.8, 4) is 45.5 Å². The average Bonchev–Trinajstić information content (AvgIpc) is 3.03. The zero-order valence-corrected chi connectivity index (χ0v) is 22.8. The molecule has 0 saturated heterocycles. The lowest BCUT2D eigenvalue weighted by Crippen LogP contribution is -2.57. The van der Waals surface area contributed by atoms with Gasteiger partial charge < -0.3 is 9.47 Å². The highest BCUT2D eigenvalue weighted by atomic mass is 16.5. The first-order chi connectivity index (χ1) is 20.3. The van der Waals surface area contributed by atoms with E-state index in [2.05, 4.69) is 85.8 Å². The van der Waals surface area contributed by atoms with Gasteiger partial charge in [0.1, 0.15) is 23.0 Å². The monoisotopic (exact) mass is 530 g/mol. The largest absolute Gasteiger partial charge is 0.458 e. The summed E-state index contributed by atoms with van der Waals surface area (Å²) in [4.78, 5) is 9.55. The van der Waals surface area contributed by atoms with Crippen LogP contribution in [0.2, 0.25) is 0 Å². The predicted molar refractivity (Wildman–Crippen MR) is 167 cm³/mol. The molecule has 8 rings (SSSR count). The fourth-order valence-electron chi connectivity index (χ4n) is 6.26. The van der Waals surface area contributed by atoms with Crippen molar-refractivity contribution in [1.82, 2.24) is 9.97 Å². The third-order valence-corrected chi connectivity index (χ3v) is 8.28. The van der Waals surface area contributed by atoms with Crippen LogP contribution in [-0.4, -0.2) is 16.7 Å². The zero-order valence-electron chi connectivity index (χ0n) is 22.8. The first-order valence-corrected chi connectivity index (χ1v) is 14.3. The highest BCUT2D eigenvalue weighted by Gasteiger charge is 2.40. The van der Waals surface area contributed by atoms with Gasteiger partial charge in [-0.25, -0.2) is 0 Å². The Bertz CT molecular complexity index is 1950. The molecule has 4 aromatic carbocycles. The number of rotatable bonds is 5. The summed E-state index contributed by atoms with van der Waals surface area (Å²) in [6.07, 6.45) is 7.23. The van der Waals surface area contributed by atoms with Crippen molar-refractivity contribution in [2.24, 2.45) is 0 Å². The Kier molecular flexibility index (Phi) is 5.63. The molecule has 41 heavy (non-hydrogen) atoms. The molecule has 4 heterocycles. The van der Waals surface area contributed by atoms with Crippen molar-refractivity contribution in [1.29, 1.82) is 0 Å². The molecule has 0 aliphatic carbocycles. The van der Waals surface area contributed by atoms with E-state index in [1.54, 1.807) is 0 Å². The SMILES string of the molecule is CCCCc1ccnc(-c2ccc3c(c2)B2c4cc(-c5nccc6ccccc56)ccc4Oc4cccc(c42)O3)c1. The average molecular weight is 530 g/mol. The topological polar surface area (TPSA) is 44.2 Å². The normalized spacial score (nSPS) is 12.7. The minimum atomic E-state index is -0.0353. The van der Waals surface area contributed by atoms with E-state index >= 15 is 0 Å². The number of aromatic nitrogens is 2. The summed E-state index contributed by atoms with van der Waals surface area (Å²) in [5.74, 6) is 3.41. The molecule has 0 N–H and O–H groups in total. The molecular formula is C36H27BN2O2. The third-order valence-electron chi connectivity index (χ3n) is 8.28. The van der Waals surface area contributed by atoms with Crippen LogP contribution in [0.5, 0.6) is 23.0 Å². The smallest absolute Gasteiger partial charge is 0.260 e. The standard InChI is InChI=1S/C36H27BN2O2/c1-2-3-7-23-16-18-38-30(20-23)25-12-14-31-28(21-25)37-29-22-26(36-27-9-5-4-8-24(27)17-19-39-36)13-15-32(29)41-34-11-6-10-33(40-31)35(34)37/h4-6,8-22H,2-3,7H2,1H3. The van der Waals surface area contributed by atoms with Crippen molar-refractivity contribution in [2.45, 2.75) is 26.2 Å². The van der Waals surface area contributed by atoms with E-state index in [1.165, 1.54) is 23.8 Å². The summed E-state index contributed by atoms with van der Waals surface area (Å²) in [7, 11) is 0. The van der Waals surface area contributed by atoms with Gasteiger partial charge in [-0.15, -0.1) is 0 Å². The maximum atomic E-state index is 6.47. The summed E-state index contributed by atoms with van der Waals surface area (Å²) in [6, 6.07) is 33.8. The van der Waals surface area contributed by atoms with Crippen molar-refractivity contribution >= 4 is 33.9 Å². The molecule has 2 aromatic heterocycles. The number of hydrogen-bond donors (Lipinski definition) is 0. The number of aryl methyl sites for hydroxylation is 1. The lowest BCUT2D eigenvalue weighted by Gasteiger charge is -2.33. The van der Waals surface area contributed by atoms with Gasteiger partial charge >= 0.3 is 0 Å². The molecule has 5 heteroatoms. The van der Waals surface area contributed by atoms with E-state index in [0.717, 1.165) is 73.7 Å². The van der Waals surface area contributed by atoms with Gasteiger partial charge in [0.2, 0.25) is 0 Å². The Hall–Kier alpha value is -4.90. The van der Waals surface area contributed by atoms with Gasteiger partial charge in [0, 0.05) is 28.8 Å². The summed E-state index contributed by atoms with van der Waals surface area (Å²) in [6.45, 7) is 2.19.